The highest BCUT2D eigenvalue weighted by molar-refractivity contribution is 6.27. The van der Waals surface area contributed by atoms with Crippen LogP contribution in [0, 0.1) is 0 Å². The minimum atomic E-state index is 1.09. The number of hydrogen-bond donors (Lipinski definition) is 0. The molecule has 62 heavy (non-hydrogen) atoms. The van der Waals surface area contributed by atoms with Gasteiger partial charge in [0.05, 0.1) is 16.7 Å². The van der Waals surface area contributed by atoms with Crippen molar-refractivity contribution in [1.29, 1.82) is 0 Å². The first-order valence-corrected chi connectivity index (χ1v) is 21.3. The van der Waals surface area contributed by atoms with Crippen LogP contribution in [0.5, 0.6) is 0 Å². The molecule has 0 amide bonds. The van der Waals surface area contributed by atoms with E-state index in [4.69, 9.17) is 0 Å². The lowest BCUT2D eigenvalue weighted by molar-refractivity contribution is 1.18. The van der Waals surface area contributed by atoms with Gasteiger partial charge >= 0.3 is 0 Å². The van der Waals surface area contributed by atoms with Gasteiger partial charge < -0.3 is 9.47 Å². The second kappa shape index (κ2) is 14.8. The summed E-state index contributed by atoms with van der Waals surface area (Å²) in [5.41, 5.74) is 14.0. The molecular weight excluding hydrogens is 749 g/mol. The van der Waals surface area contributed by atoms with Gasteiger partial charge in [0.1, 0.15) is 0 Å². The van der Waals surface area contributed by atoms with Crippen molar-refractivity contribution in [3.05, 3.63) is 243 Å². The first-order valence-electron chi connectivity index (χ1n) is 21.3. The molecule has 12 aromatic rings. The van der Waals surface area contributed by atoms with Gasteiger partial charge in [-0.2, -0.15) is 0 Å². The van der Waals surface area contributed by atoms with E-state index in [2.05, 4.69) is 252 Å². The van der Waals surface area contributed by atoms with Crippen LogP contribution in [0.1, 0.15) is 0 Å². The molecule has 2 heteroatoms. The summed E-state index contributed by atoms with van der Waals surface area (Å²) in [6, 6.07) is 88.6. The Hall–Kier alpha value is -8.20. The molecule has 0 aliphatic carbocycles. The third-order valence-corrected chi connectivity index (χ3v) is 12.5. The van der Waals surface area contributed by atoms with Crippen LogP contribution in [0.2, 0.25) is 0 Å². The van der Waals surface area contributed by atoms with Gasteiger partial charge in [-0.15, -0.1) is 0 Å². The maximum Gasteiger partial charge on any atom is 0.0625 e. The molecule has 0 fully saturated rings. The molecule has 2 nitrogen and oxygen atoms in total. The van der Waals surface area contributed by atoms with E-state index in [9.17, 15) is 0 Å². The van der Waals surface area contributed by atoms with Gasteiger partial charge in [0.25, 0.3) is 0 Å². The summed E-state index contributed by atoms with van der Waals surface area (Å²) in [5, 5.41) is 9.88. The molecule has 0 aliphatic heterocycles. The summed E-state index contributed by atoms with van der Waals surface area (Å²) in [4.78, 5) is 2.44. The number of aromatic nitrogens is 1. The lowest BCUT2D eigenvalue weighted by Crippen LogP contribution is -2.11. The molecule has 290 valence electrons. The van der Waals surface area contributed by atoms with Crippen molar-refractivity contribution in [2.24, 2.45) is 0 Å². The fourth-order valence-corrected chi connectivity index (χ4v) is 9.74. The Kier molecular flexibility index (Phi) is 8.53. The average Bonchev–Trinajstić information content (AvgIpc) is 3.70. The van der Waals surface area contributed by atoms with Gasteiger partial charge in [-0.1, -0.05) is 182 Å². The Balaban J connectivity index is 1.20. The van der Waals surface area contributed by atoms with E-state index in [-0.39, 0.29) is 0 Å². The summed E-state index contributed by atoms with van der Waals surface area (Å²) in [6.45, 7) is 0. The second-order valence-electron chi connectivity index (χ2n) is 16.1. The summed E-state index contributed by atoms with van der Waals surface area (Å²) in [5.74, 6) is 0. The quantitative estimate of drug-likeness (QED) is 0.146. The summed E-state index contributed by atoms with van der Waals surface area (Å²) < 4.78 is 2.49. The lowest BCUT2D eigenvalue weighted by Gasteiger charge is -2.28. The Morgan fingerprint density at radius 3 is 1.58 bits per heavy atom. The Bertz CT molecular complexity index is 3610. The maximum absolute atomic E-state index is 2.49. The first kappa shape index (κ1) is 35.7. The van der Waals surface area contributed by atoms with E-state index >= 15 is 0 Å². The summed E-state index contributed by atoms with van der Waals surface area (Å²) in [6.07, 6.45) is 0. The molecule has 1 heterocycles. The minimum Gasteiger partial charge on any atom is -0.310 e. The monoisotopic (exact) mass is 788 g/mol. The van der Waals surface area contributed by atoms with Crippen LogP contribution in [0.15, 0.2) is 243 Å². The van der Waals surface area contributed by atoms with Crippen LogP contribution >= 0.6 is 0 Å². The van der Waals surface area contributed by atoms with Crippen molar-refractivity contribution in [2.45, 2.75) is 0 Å². The number of rotatable bonds is 7. The number of anilines is 3. The SMILES string of the molecule is c1ccc(-c2ccc(N(c3ccc4c(c3)c3c(-c5cc6ccccc6c6ccccc56)cc5ccccc5c3n4-c3ccccc3)c3ccccc3-c3ccccc3)cc2)cc1. The molecule has 0 saturated heterocycles. The smallest absolute Gasteiger partial charge is 0.0625 e. The zero-order valence-corrected chi connectivity index (χ0v) is 34.0. The standard InChI is InChI=1S/C60H40N2/c1-4-18-41(19-5-1)42-32-34-47(35-33-42)61(57-31-17-16-27-50(57)43-20-6-2-7-21-43)48-36-37-58-56(40-48)59-55(54-38-44-22-10-12-26-49(44)52-29-14-15-30-53(52)54)39-45-23-11-13-28-51(45)60(59)62(58)46-24-8-3-9-25-46/h1-40H. The first-order chi connectivity index (χ1) is 30.8. The highest BCUT2D eigenvalue weighted by Crippen LogP contribution is 2.48. The van der Waals surface area contributed by atoms with Gasteiger partial charge in [0.15, 0.2) is 0 Å². The maximum atomic E-state index is 2.49. The number of benzene rings is 11. The molecule has 0 bridgehead atoms. The van der Waals surface area contributed by atoms with Gasteiger partial charge in [0.2, 0.25) is 0 Å². The minimum absolute atomic E-state index is 1.09. The molecule has 12 rings (SSSR count). The topological polar surface area (TPSA) is 8.17 Å². The van der Waals surface area contributed by atoms with Crippen molar-refractivity contribution in [3.63, 3.8) is 0 Å². The molecule has 0 saturated carbocycles. The molecular formula is C60H40N2. The molecule has 0 aliphatic rings. The van der Waals surface area contributed by atoms with E-state index in [0.29, 0.717) is 0 Å². The third-order valence-electron chi connectivity index (χ3n) is 12.5. The second-order valence-corrected chi connectivity index (χ2v) is 16.1. The predicted molar refractivity (Wildman–Crippen MR) is 264 cm³/mol. The van der Waals surface area contributed by atoms with Crippen molar-refractivity contribution >= 4 is 71.2 Å². The van der Waals surface area contributed by atoms with Crippen molar-refractivity contribution in [1.82, 2.24) is 4.57 Å². The fraction of sp³-hybridized carbons (Fsp3) is 0. The molecule has 0 atom stereocenters. The van der Waals surface area contributed by atoms with Gasteiger partial charge in [0, 0.05) is 38.8 Å². The van der Waals surface area contributed by atoms with Gasteiger partial charge in [-0.3, -0.25) is 0 Å². The lowest BCUT2D eigenvalue weighted by atomic mass is 9.89. The van der Waals surface area contributed by atoms with Crippen LogP contribution in [0.3, 0.4) is 0 Å². The Morgan fingerprint density at radius 1 is 0.306 bits per heavy atom. The van der Waals surface area contributed by atoms with E-state index in [1.807, 2.05) is 0 Å². The van der Waals surface area contributed by atoms with E-state index in [1.54, 1.807) is 0 Å². The van der Waals surface area contributed by atoms with E-state index in [0.717, 1.165) is 28.3 Å². The molecule has 0 unspecified atom stereocenters. The molecule has 0 radical (unpaired) electrons. The van der Waals surface area contributed by atoms with Crippen LogP contribution < -0.4 is 4.90 Å². The molecule has 1 aromatic heterocycles. The number of nitrogens with zero attached hydrogens (tertiary/aromatic N) is 2. The van der Waals surface area contributed by atoms with E-state index in [1.165, 1.54) is 82.0 Å². The zero-order valence-electron chi connectivity index (χ0n) is 34.0. The molecule has 11 aromatic carbocycles. The third kappa shape index (κ3) is 5.88. The van der Waals surface area contributed by atoms with Crippen LogP contribution in [0.4, 0.5) is 17.1 Å². The Morgan fingerprint density at radius 2 is 0.839 bits per heavy atom. The van der Waals surface area contributed by atoms with E-state index < -0.39 is 0 Å². The highest BCUT2D eigenvalue weighted by atomic mass is 15.1. The van der Waals surface area contributed by atoms with Crippen LogP contribution in [0.25, 0.3) is 93.2 Å². The molecule has 0 spiro atoms. The number of para-hydroxylation sites is 2. The van der Waals surface area contributed by atoms with Crippen LogP contribution in [-0.4, -0.2) is 4.57 Å². The predicted octanol–water partition coefficient (Wildman–Crippen LogP) is 16.7. The summed E-state index contributed by atoms with van der Waals surface area (Å²) >= 11 is 0. The highest BCUT2D eigenvalue weighted by Gasteiger charge is 2.24. The summed E-state index contributed by atoms with van der Waals surface area (Å²) in [7, 11) is 0. The zero-order chi connectivity index (χ0) is 41.0. The van der Waals surface area contributed by atoms with Gasteiger partial charge in [-0.25, -0.2) is 0 Å². The fourth-order valence-electron chi connectivity index (χ4n) is 9.74. The van der Waals surface area contributed by atoms with Crippen molar-refractivity contribution in [2.75, 3.05) is 4.90 Å². The number of fused-ring (bicyclic) bond motifs is 8. The van der Waals surface area contributed by atoms with Crippen molar-refractivity contribution < 1.29 is 0 Å². The van der Waals surface area contributed by atoms with Crippen molar-refractivity contribution in [3.8, 4) is 39.1 Å². The normalized spacial score (nSPS) is 11.5. The average molecular weight is 789 g/mol. The largest absolute Gasteiger partial charge is 0.310 e. The molecule has 0 N–H and O–H groups in total. The number of hydrogen-bond acceptors (Lipinski definition) is 1. The van der Waals surface area contributed by atoms with Gasteiger partial charge in [-0.05, 0) is 115 Å². The Labute approximate surface area is 360 Å². The van der Waals surface area contributed by atoms with Crippen LogP contribution in [-0.2, 0) is 0 Å².